The van der Waals surface area contributed by atoms with Gasteiger partial charge in [0.25, 0.3) is 5.91 Å². The highest BCUT2D eigenvalue weighted by Gasteiger charge is 2.16. The van der Waals surface area contributed by atoms with E-state index < -0.39 is 15.9 Å². The van der Waals surface area contributed by atoms with Crippen molar-refractivity contribution >= 4 is 32.4 Å². The van der Waals surface area contributed by atoms with Gasteiger partial charge < -0.3 is 0 Å². The molecule has 1 aromatic heterocycles. The molecule has 2 aromatic rings. The molecule has 0 bridgehead atoms. The van der Waals surface area contributed by atoms with E-state index in [2.05, 4.69) is 15.5 Å². The van der Waals surface area contributed by atoms with Crippen LogP contribution in [-0.2, 0) is 10.0 Å². The lowest BCUT2D eigenvalue weighted by atomic mass is 10.1. The number of amides is 1. The smallest absolute Gasteiger partial charge is 0.257 e. The van der Waals surface area contributed by atoms with Crippen LogP contribution in [0, 0.1) is 6.92 Å². The number of anilines is 1. The van der Waals surface area contributed by atoms with Gasteiger partial charge in [-0.05, 0) is 24.6 Å². The van der Waals surface area contributed by atoms with Gasteiger partial charge >= 0.3 is 0 Å². The van der Waals surface area contributed by atoms with Crippen LogP contribution in [0.1, 0.15) is 40.7 Å². The van der Waals surface area contributed by atoms with Crippen molar-refractivity contribution in [3.8, 4) is 0 Å². The summed E-state index contributed by atoms with van der Waals surface area (Å²) in [6.07, 6.45) is 0. The van der Waals surface area contributed by atoms with E-state index in [-0.39, 0.29) is 16.4 Å². The summed E-state index contributed by atoms with van der Waals surface area (Å²) in [6, 6.07) is 4.32. The SMILES string of the molecule is Cc1ccc(C(=O)Nc2nnc(C(C)C)s2)cc1S(N)(=O)=O. The number of hydrogen-bond acceptors (Lipinski definition) is 6. The second kappa shape index (κ2) is 6.11. The molecule has 2 rings (SSSR count). The van der Waals surface area contributed by atoms with Crippen molar-refractivity contribution in [1.82, 2.24) is 10.2 Å². The van der Waals surface area contributed by atoms with Gasteiger partial charge in [0.15, 0.2) is 0 Å². The summed E-state index contributed by atoms with van der Waals surface area (Å²) in [4.78, 5) is 12.1. The number of nitrogens with two attached hydrogens (primary N) is 1. The van der Waals surface area contributed by atoms with Gasteiger partial charge in [-0.2, -0.15) is 0 Å². The lowest BCUT2D eigenvalue weighted by Gasteiger charge is -2.06. The van der Waals surface area contributed by atoms with Gasteiger partial charge in [-0.15, -0.1) is 10.2 Å². The maximum Gasteiger partial charge on any atom is 0.257 e. The molecule has 0 aliphatic carbocycles. The number of hydrogen-bond donors (Lipinski definition) is 2. The lowest BCUT2D eigenvalue weighted by Crippen LogP contribution is -2.17. The monoisotopic (exact) mass is 340 g/mol. The van der Waals surface area contributed by atoms with E-state index in [0.717, 1.165) is 5.01 Å². The zero-order valence-corrected chi connectivity index (χ0v) is 14.0. The maximum atomic E-state index is 12.2. The van der Waals surface area contributed by atoms with Crippen molar-refractivity contribution in [3.63, 3.8) is 0 Å². The molecule has 0 atom stereocenters. The topological polar surface area (TPSA) is 115 Å². The molecule has 0 spiro atoms. The largest absolute Gasteiger partial charge is 0.296 e. The van der Waals surface area contributed by atoms with Crippen LogP contribution in [-0.4, -0.2) is 24.5 Å². The summed E-state index contributed by atoms with van der Waals surface area (Å²) in [5.74, 6) is -0.243. The third kappa shape index (κ3) is 3.67. The Balaban J connectivity index is 2.26. The number of aromatic nitrogens is 2. The Morgan fingerprint density at radius 1 is 1.32 bits per heavy atom. The molecule has 118 valence electrons. The van der Waals surface area contributed by atoms with Crippen LogP contribution in [0.25, 0.3) is 0 Å². The first-order valence-electron chi connectivity index (χ1n) is 6.46. The van der Waals surface area contributed by atoms with E-state index in [1.165, 1.54) is 29.5 Å². The second-order valence-electron chi connectivity index (χ2n) is 5.08. The van der Waals surface area contributed by atoms with E-state index in [1.54, 1.807) is 6.92 Å². The lowest BCUT2D eigenvalue weighted by molar-refractivity contribution is 0.102. The number of carbonyl (C=O) groups is 1. The van der Waals surface area contributed by atoms with Crippen molar-refractivity contribution in [2.75, 3.05) is 5.32 Å². The van der Waals surface area contributed by atoms with Crippen LogP contribution in [0.4, 0.5) is 5.13 Å². The fourth-order valence-corrected chi connectivity index (χ4v) is 3.28. The summed E-state index contributed by atoms with van der Waals surface area (Å²) in [7, 11) is -3.87. The first-order valence-corrected chi connectivity index (χ1v) is 8.83. The zero-order valence-electron chi connectivity index (χ0n) is 12.3. The number of rotatable bonds is 4. The fourth-order valence-electron chi connectivity index (χ4n) is 1.74. The normalized spacial score (nSPS) is 11.7. The Labute approximate surface area is 132 Å². The Morgan fingerprint density at radius 2 is 2.00 bits per heavy atom. The highest BCUT2D eigenvalue weighted by atomic mass is 32.2. The Kier molecular flexibility index (Phi) is 4.59. The molecule has 0 fully saturated rings. The molecule has 1 aromatic carbocycles. The minimum absolute atomic E-state index is 0.0692. The number of nitrogens with zero attached hydrogens (tertiary/aromatic N) is 2. The molecular weight excluding hydrogens is 324 g/mol. The Hall–Kier alpha value is -1.84. The number of aryl methyl sites for hydroxylation is 1. The molecule has 0 saturated carbocycles. The predicted octanol–water partition coefficient (Wildman–Crippen LogP) is 1.87. The number of primary sulfonamides is 1. The minimum Gasteiger partial charge on any atom is -0.296 e. The van der Waals surface area contributed by atoms with Crippen LogP contribution >= 0.6 is 11.3 Å². The number of carbonyl (C=O) groups excluding carboxylic acids is 1. The molecule has 0 aliphatic heterocycles. The Morgan fingerprint density at radius 3 is 2.55 bits per heavy atom. The van der Waals surface area contributed by atoms with Crippen molar-refractivity contribution in [3.05, 3.63) is 34.3 Å². The fraction of sp³-hybridized carbons (Fsp3) is 0.308. The highest BCUT2D eigenvalue weighted by molar-refractivity contribution is 7.89. The molecule has 0 radical (unpaired) electrons. The summed E-state index contributed by atoms with van der Waals surface area (Å²) < 4.78 is 23.0. The van der Waals surface area contributed by atoms with Gasteiger partial charge in [-0.25, -0.2) is 13.6 Å². The minimum atomic E-state index is -3.87. The number of benzene rings is 1. The molecule has 0 saturated heterocycles. The zero-order chi connectivity index (χ0) is 16.5. The van der Waals surface area contributed by atoms with Gasteiger partial charge in [-0.3, -0.25) is 10.1 Å². The average Bonchev–Trinajstić information content (AvgIpc) is 2.86. The molecule has 1 amide bonds. The quantitative estimate of drug-likeness (QED) is 0.881. The van der Waals surface area contributed by atoms with Crippen LogP contribution in [0.5, 0.6) is 0 Å². The number of sulfonamides is 1. The van der Waals surface area contributed by atoms with Gasteiger partial charge in [0.05, 0.1) is 4.90 Å². The first-order chi connectivity index (χ1) is 10.2. The number of nitrogens with one attached hydrogen (secondary N) is 1. The van der Waals surface area contributed by atoms with Gasteiger partial charge in [0.2, 0.25) is 15.2 Å². The third-order valence-corrected chi connectivity index (χ3v) is 5.10. The van der Waals surface area contributed by atoms with Crippen molar-refractivity contribution in [1.29, 1.82) is 0 Å². The first kappa shape index (κ1) is 16.5. The van der Waals surface area contributed by atoms with Crippen LogP contribution in [0.3, 0.4) is 0 Å². The molecule has 3 N–H and O–H groups in total. The standard InChI is InChI=1S/C13H16N4O3S2/c1-7(2)12-16-17-13(21-12)15-11(18)9-5-4-8(3)10(6-9)22(14,19)20/h4-7H,1-3H3,(H2,14,19,20)(H,15,17,18). The van der Waals surface area contributed by atoms with Crippen LogP contribution < -0.4 is 10.5 Å². The Bertz CT molecular complexity index is 812. The summed E-state index contributed by atoms with van der Waals surface area (Å²) in [5, 5.41) is 16.8. The van der Waals surface area contributed by atoms with E-state index in [4.69, 9.17) is 5.14 Å². The molecular formula is C13H16N4O3S2. The third-order valence-electron chi connectivity index (χ3n) is 2.91. The maximum absolute atomic E-state index is 12.2. The molecule has 0 aliphatic rings. The molecule has 9 heteroatoms. The van der Waals surface area contributed by atoms with E-state index in [0.29, 0.717) is 10.7 Å². The predicted molar refractivity (Wildman–Crippen MR) is 84.5 cm³/mol. The highest BCUT2D eigenvalue weighted by Crippen LogP contribution is 2.23. The second-order valence-corrected chi connectivity index (χ2v) is 7.62. The van der Waals surface area contributed by atoms with E-state index in [1.807, 2.05) is 13.8 Å². The summed E-state index contributed by atoms with van der Waals surface area (Å²) in [5.41, 5.74) is 0.674. The molecule has 0 unspecified atom stereocenters. The van der Waals surface area contributed by atoms with Gasteiger partial charge in [0, 0.05) is 11.5 Å². The summed E-state index contributed by atoms with van der Waals surface area (Å²) in [6.45, 7) is 5.57. The molecule has 1 heterocycles. The van der Waals surface area contributed by atoms with Crippen molar-refractivity contribution in [2.45, 2.75) is 31.6 Å². The van der Waals surface area contributed by atoms with Crippen LogP contribution in [0.2, 0.25) is 0 Å². The van der Waals surface area contributed by atoms with Crippen LogP contribution in [0.15, 0.2) is 23.1 Å². The summed E-state index contributed by atoms with van der Waals surface area (Å²) >= 11 is 1.28. The van der Waals surface area contributed by atoms with Crippen molar-refractivity contribution < 1.29 is 13.2 Å². The molecule has 22 heavy (non-hydrogen) atoms. The van der Waals surface area contributed by atoms with Gasteiger partial charge in [-0.1, -0.05) is 31.3 Å². The van der Waals surface area contributed by atoms with E-state index in [9.17, 15) is 13.2 Å². The molecule has 7 nitrogen and oxygen atoms in total. The average molecular weight is 340 g/mol. The van der Waals surface area contributed by atoms with Gasteiger partial charge in [0.1, 0.15) is 5.01 Å². The van der Waals surface area contributed by atoms with Crippen molar-refractivity contribution in [2.24, 2.45) is 5.14 Å². The van der Waals surface area contributed by atoms with E-state index >= 15 is 0 Å².